The Balaban J connectivity index is 1.82. The standard InChI is InChI=1S/C29H26ClNO8/c1-4-39-29(36)18-7-5-16(6-8-18)15-31-25(17-9-11-19(32)12-10-17)24(27(34)28(31)35)26(33)20-13-21(30)23(38-3)14-22(20)37-2/h5-14,25,32-33H,4,15H2,1-3H3/b26-24+. The van der Waals surface area contributed by atoms with Crippen molar-refractivity contribution in [3.8, 4) is 17.2 Å². The Labute approximate surface area is 229 Å². The molecule has 1 unspecified atom stereocenters. The normalized spacial score (nSPS) is 16.3. The lowest BCUT2D eigenvalue weighted by atomic mass is 9.94. The van der Waals surface area contributed by atoms with E-state index in [0.29, 0.717) is 22.4 Å². The highest BCUT2D eigenvalue weighted by atomic mass is 35.5. The first-order chi connectivity index (χ1) is 18.7. The molecule has 4 rings (SSSR count). The van der Waals surface area contributed by atoms with E-state index in [0.717, 1.165) is 0 Å². The SMILES string of the molecule is CCOC(=O)c1ccc(CN2C(=O)C(=O)/C(=C(/O)c3cc(Cl)c(OC)cc3OC)C2c2ccc(O)cc2)cc1. The number of aliphatic hydroxyl groups is 1. The summed E-state index contributed by atoms with van der Waals surface area (Å²) >= 11 is 6.30. The van der Waals surface area contributed by atoms with Gasteiger partial charge in [-0.3, -0.25) is 9.59 Å². The van der Waals surface area contributed by atoms with E-state index in [1.807, 2.05) is 0 Å². The number of aliphatic hydroxyl groups excluding tert-OH is 1. The van der Waals surface area contributed by atoms with Crippen molar-refractivity contribution in [1.29, 1.82) is 0 Å². The summed E-state index contributed by atoms with van der Waals surface area (Å²) in [5, 5.41) is 21.4. The fourth-order valence-corrected chi connectivity index (χ4v) is 4.63. The number of ketones is 1. The highest BCUT2D eigenvalue weighted by molar-refractivity contribution is 6.46. The minimum atomic E-state index is -0.999. The van der Waals surface area contributed by atoms with Crippen LogP contribution in [0.2, 0.25) is 5.02 Å². The van der Waals surface area contributed by atoms with Crippen molar-refractivity contribution < 1.29 is 38.8 Å². The van der Waals surface area contributed by atoms with Gasteiger partial charge in [-0.1, -0.05) is 35.9 Å². The minimum Gasteiger partial charge on any atom is -0.508 e. The molecule has 1 heterocycles. The van der Waals surface area contributed by atoms with Gasteiger partial charge >= 0.3 is 5.97 Å². The van der Waals surface area contributed by atoms with Crippen molar-refractivity contribution >= 4 is 35.0 Å². The molecule has 1 fully saturated rings. The quantitative estimate of drug-likeness (QED) is 0.176. The van der Waals surface area contributed by atoms with Crippen molar-refractivity contribution in [2.45, 2.75) is 19.5 Å². The molecule has 0 bridgehead atoms. The van der Waals surface area contributed by atoms with Gasteiger partial charge in [0.15, 0.2) is 0 Å². The molecule has 39 heavy (non-hydrogen) atoms. The third kappa shape index (κ3) is 5.39. The Morgan fingerprint density at radius 3 is 2.21 bits per heavy atom. The van der Waals surface area contributed by atoms with E-state index < -0.39 is 29.5 Å². The zero-order chi connectivity index (χ0) is 28.3. The first-order valence-electron chi connectivity index (χ1n) is 11.9. The zero-order valence-corrected chi connectivity index (χ0v) is 22.2. The number of phenols is 1. The van der Waals surface area contributed by atoms with Crippen LogP contribution in [-0.2, 0) is 20.9 Å². The topological polar surface area (TPSA) is 123 Å². The number of amides is 1. The lowest BCUT2D eigenvalue weighted by Crippen LogP contribution is -2.29. The van der Waals surface area contributed by atoms with Gasteiger partial charge < -0.3 is 29.3 Å². The molecule has 10 heteroatoms. The van der Waals surface area contributed by atoms with Crippen LogP contribution in [0.15, 0.2) is 66.2 Å². The lowest BCUT2D eigenvalue weighted by Gasteiger charge is -2.25. The summed E-state index contributed by atoms with van der Waals surface area (Å²) in [5.41, 5.74) is 1.40. The van der Waals surface area contributed by atoms with Gasteiger partial charge in [0.05, 0.1) is 48.6 Å². The molecular weight excluding hydrogens is 526 g/mol. The number of aromatic hydroxyl groups is 1. The number of nitrogens with zero attached hydrogens (tertiary/aromatic N) is 1. The van der Waals surface area contributed by atoms with E-state index in [-0.39, 0.29) is 40.8 Å². The van der Waals surface area contributed by atoms with Crippen LogP contribution < -0.4 is 9.47 Å². The number of Topliss-reactive ketones (excluding diaryl/α,β-unsaturated/α-hetero) is 1. The van der Waals surface area contributed by atoms with Crippen molar-refractivity contribution in [3.63, 3.8) is 0 Å². The maximum Gasteiger partial charge on any atom is 0.338 e. The Bertz CT molecular complexity index is 1450. The Morgan fingerprint density at radius 1 is 0.974 bits per heavy atom. The van der Waals surface area contributed by atoms with Crippen LogP contribution in [-0.4, -0.2) is 53.6 Å². The highest BCUT2D eigenvalue weighted by Gasteiger charge is 2.46. The van der Waals surface area contributed by atoms with Crippen LogP contribution in [0, 0.1) is 0 Å². The number of carbonyl (C=O) groups excluding carboxylic acids is 3. The number of likely N-dealkylation sites (tertiary alicyclic amines) is 1. The monoisotopic (exact) mass is 551 g/mol. The van der Waals surface area contributed by atoms with Crippen LogP contribution in [0.5, 0.6) is 17.2 Å². The first kappa shape index (κ1) is 27.5. The molecule has 3 aromatic rings. The molecule has 0 spiro atoms. The molecule has 0 aromatic heterocycles. The van der Waals surface area contributed by atoms with Gasteiger partial charge in [-0.2, -0.15) is 0 Å². The summed E-state index contributed by atoms with van der Waals surface area (Å²) < 4.78 is 15.6. The summed E-state index contributed by atoms with van der Waals surface area (Å²) in [6.45, 7) is 1.94. The molecule has 0 aliphatic carbocycles. The van der Waals surface area contributed by atoms with Crippen molar-refractivity contribution in [2.24, 2.45) is 0 Å². The van der Waals surface area contributed by atoms with E-state index in [1.165, 1.54) is 43.4 Å². The number of halogens is 1. The van der Waals surface area contributed by atoms with Crippen LogP contribution >= 0.6 is 11.6 Å². The van der Waals surface area contributed by atoms with Crippen LogP contribution in [0.4, 0.5) is 0 Å². The smallest absolute Gasteiger partial charge is 0.338 e. The number of carbonyl (C=O) groups is 3. The molecule has 1 aliphatic rings. The average Bonchev–Trinajstić information content (AvgIpc) is 3.18. The number of phenolic OH excluding ortho intramolecular Hbond substituents is 1. The molecule has 0 radical (unpaired) electrons. The molecule has 2 N–H and O–H groups in total. The summed E-state index contributed by atoms with van der Waals surface area (Å²) in [4.78, 5) is 40.0. The third-order valence-corrected chi connectivity index (χ3v) is 6.59. The number of hydrogen-bond donors (Lipinski definition) is 2. The van der Waals surface area contributed by atoms with Gasteiger partial charge in [0, 0.05) is 12.6 Å². The fraction of sp³-hybridized carbons (Fsp3) is 0.207. The second-order valence-electron chi connectivity index (χ2n) is 8.62. The zero-order valence-electron chi connectivity index (χ0n) is 21.4. The van der Waals surface area contributed by atoms with Gasteiger partial charge in [0.1, 0.15) is 23.0 Å². The van der Waals surface area contributed by atoms with Gasteiger partial charge in [-0.15, -0.1) is 0 Å². The molecule has 1 atom stereocenters. The van der Waals surface area contributed by atoms with Gasteiger partial charge in [0.25, 0.3) is 11.7 Å². The van der Waals surface area contributed by atoms with E-state index in [4.69, 9.17) is 25.8 Å². The number of esters is 1. The van der Waals surface area contributed by atoms with E-state index in [1.54, 1.807) is 43.3 Å². The lowest BCUT2D eigenvalue weighted by molar-refractivity contribution is -0.140. The molecule has 0 saturated carbocycles. The van der Waals surface area contributed by atoms with Crippen LogP contribution in [0.3, 0.4) is 0 Å². The summed E-state index contributed by atoms with van der Waals surface area (Å²) in [6, 6.07) is 14.3. The average molecular weight is 552 g/mol. The van der Waals surface area contributed by atoms with Crippen molar-refractivity contribution in [2.75, 3.05) is 20.8 Å². The summed E-state index contributed by atoms with van der Waals surface area (Å²) in [5.74, 6) is -2.21. The summed E-state index contributed by atoms with van der Waals surface area (Å²) in [6.07, 6.45) is 0. The number of ether oxygens (including phenoxy) is 3. The fourth-order valence-electron chi connectivity index (χ4n) is 4.39. The van der Waals surface area contributed by atoms with Crippen LogP contribution in [0.25, 0.3) is 5.76 Å². The highest BCUT2D eigenvalue weighted by Crippen LogP contribution is 2.43. The predicted octanol–water partition coefficient (Wildman–Crippen LogP) is 4.86. The number of methoxy groups -OCH3 is 2. The molecule has 9 nitrogen and oxygen atoms in total. The Kier molecular flexibility index (Phi) is 8.11. The predicted molar refractivity (Wildman–Crippen MR) is 143 cm³/mol. The van der Waals surface area contributed by atoms with Crippen molar-refractivity contribution in [3.05, 3.63) is 93.5 Å². The van der Waals surface area contributed by atoms with E-state index >= 15 is 0 Å². The molecule has 3 aromatic carbocycles. The maximum atomic E-state index is 13.4. The molecular formula is C29H26ClNO8. The largest absolute Gasteiger partial charge is 0.508 e. The number of hydrogen-bond acceptors (Lipinski definition) is 8. The second-order valence-corrected chi connectivity index (χ2v) is 9.03. The molecule has 202 valence electrons. The summed E-state index contributed by atoms with van der Waals surface area (Å²) in [7, 11) is 2.81. The molecule has 1 aliphatic heterocycles. The second kappa shape index (κ2) is 11.5. The van der Waals surface area contributed by atoms with Gasteiger partial charge in [-0.25, -0.2) is 4.79 Å². The maximum absolute atomic E-state index is 13.4. The van der Waals surface area contributed by atoms with Crippen molar-refractivity contribution in [1.82, 2.24) is 4.90 Å². The molecule has 1 amide bonds. The minimum absolute atomic E-state index is 0.00347. The van der Waals surface area contributed by atoms with E-state index in [9.17, 15) is 24.6 Å². The third-order valence-electron chi connectivity index (χ3n) is 6.30. The van der Waals surface area contributed by atoms with E-state index in [2.05, 4.69) is 0 Å². The van der Waals surface area contributed by atoms with Gasteiger partial charge in [0.2, 0.25) is 0 Å². The number of rotatable bonds is 8. The molecule has 1 saturated heterocycles. The Hall–Kier alpha value is -4.50. The van der Waals surface area contributed by atoms with Crippen LogP contribution in [0.1, 0.15) is 40.0 Å². The number of benzene rings is 3. The first-order valence-corrected chi connectivity index (χ1v) is 12.3. The Morgan fingerprint density at radius 2 is 1.62 bits per heavy atom. The van der Waals surface area contributed by atoms with Gasteiger partial charge in [-0.05, 0) is 48.4 Å².